The van der Waals surface area contributed by atoms with Crippen LogP contribution in [0.3, 0.4) is 0 Å². The van der Waals surface area contributed by atoms with Crippen molar-refractivity contribution in [1.29, 1.82) is 0 Å². The number of unbranched alkanes of at least 4 members (excludes halogenated alkanes) is 11. The van der Waals surface area contributed by atoms with Crippen LogP contribution < -0.4 is 5.32 Å². The van der Waals surface area contributed by atoms with Crippen molar-refractivity contribution in [1.82, 2.24) is 5.32 Å². The summed E-state index contributed by atoms with van der Waals surface area (Å²) in [4.78, 5) is 25.0. The average molecular weight is 458 g/mol. The first-order valence-corrected chi connectivity index (χ1v) is 13.1. The molecule has 0 heterocycles. The summed E-state index contributed by atoms with van der Waals surface area (Å²) in [5, 5.41) is 2.76. The second kappa shape index (κ2) is 17.4. The van der Waals surface area contributed by atoms with E-state index in [2.05, 4.69) is 12.2 Å². The monoisotopic (exact) mass is 457 g/mol. The Bertz CT molecular complexity index is 676. The van der Waals surface area contributed by atoms with Crippen molar-refractivity contribution in [3.05, 3.63) is 48.0 Å². The van der Waals surface area contributed by atoms with Crippen molar-refractivity contribution in [2.24, 2.45) is 0 Å². The number of ether oxygens (including phenoxy) is 1. The molecular weight excluding hydrogens is 410 g/mol. The van der Waals surface area contributed by atoms with Crippen LogP contribution in [-0.2, 0) is 16.0 Å². The first-order chi connectivity index (χ1) is 15.8. The lowest BCUT2D eigenvalue weighted by molar-refractivity contribution is -0.116. The highest BCUT2D eigenvalue weighted by Gasteiger charge is 2.23. The van der Waals surface area contributed by atoms with Gasteiger partial charge in [-0.2, -0.15) is 0 Å². The molecule has 0 aliphatic carbocycles. The second-order valence-electron chi connectivity index (χ2n) is 10.0. The van der Waals surface area contributed by atoms with Crippen LogP contribution in [-0.4, -0.2) is 23.5 Å². The van der Waals surface area contributed by atoms with Gasteiger partial charge in [0.2, 0.25) is 0 Å². The highest BCUT2D eigenvalue weighted by molar-refractivity contribution is 5.96. The molecule has 1 aromatic rings. The van der Waals surface area contributed by atoms with E-state index in [-0.39, 0.29) is 5.78 Å². The van der Waals surface area contributed by atoms with Gasteiger partial charge in [0.1, 0.15) is 5.60 Å². The number of carbonyl (C=O) groups excluding carboxylic acids is 2. The van der Waals surface area contributed by atoms with Gasteiger partial charge in [-0.1, -0.05) is 108 Å². The maximum atomic E-state index is 12.8. The van der Waals surface area contributed by atoms with Gasteiger partial charge in [0, 0.05) is 6.42 Å². The molecule has 1 aromatic carbocycles. The number of nitrogens with one attached hydrogen (secondary N) is 1. The van der Waals surface area contributed by atoms with E-state index in [1.54, 1.807) is 6.08 Å². The molecule has 0 aromatic heterocycles. The quantitative estimate of drug-likeness (QED) is 0.191. The number of allylic oxidation sites excluding steroid dienone is 1. The molecule has 0 saturated carbocycles. The minimum Gasteiger partial charge on any atom is -0.444 e. The third-order valence-corrected chi connectivity index (χ3v) is 5.57. The van der Waals surface area contributed by atoms with Crippen LogP contribution >= 0.6 is 0 Å². The summed E-state index contributed by atoms with van der Waals surface area (Å²) in [5.41, 5.74) is 0.403. The third kappa shape index (κ3) is 16.2. The molecule has 0 aliphatic heterocycles. The van der Waals surface area contributed by atoms with Crippen LogP contribution in [0.2, 0.25) is 0 Å². The highest BCUT2D eigenvalue weighted by Crippen LogP contribution is 2.13. The van der Waals surface area contributed by atoms with E-state index in [4.69, 9.17) is 4.74 Å². The molecule has 4 heteroatoms. The Labute approximate surface area is 202 Å². The van der Waals surface area contributed by atoms with E-state index in [1.165, 1.54) is 64.2 Å². The average Bonchev–Trinajstić information content (AvgIpc) is 2.75. The van der Waals surface area contributed by atoms with E-state index in [0.29, 0.717) is 6.42 Å². The van der Waals surface area contributed by atoms with Crippen LogP contribution in [0.5, 0.6) is 0 Å². The molecule has 1 N–H and O–H groups in total. The summed E-state index contributed by atoms with van der Waals surface area (Å²) < 4.78 is 5.35. The van der Waals surface area contributed by atoms with E-state index in [1.807, 2.05) is 57.2 Å². The number of ketones is 1. The van der Waals surface area contributed by atoms with Gasteiger partial charge < -0.3 is 10.1 Å². The van der Waals surface area contributed by atoms with Gasteiger partial charge in [-0.25, -0.2) is 4.79 Å². The van der Waals surface area contributed by atoms with Crippen molar-refractivity contribution in [2.75, 3.05) is 0 Å². The van der Waals surface area contributed by atoms with E-state index >= 15 is 0 Å². The first-order valence-electron chi connectivity index (χ1n) is 13.1. The maximum Gasteiger partial charge on any atom is 0.408 e. The first kappa shape index (κ1) is 28.9. The van der Waals surface area contributed by atoms with Crippen molar-refractivity contribution >= 4 is 11.9 Å². The third-order valence-electron chi connectivity index (χ3n) is 5.57. The van der Waals surface area contributed by atoms with Crippen molar-refractivity contribution in [3.8, 4) is 0 Å². The summed E-state index contributed by atoms with van der Waals surface area (Å²) in [6.45, 7) is 7.70. The lowest BCUT2D eigenvalue weighted by Crippen LogP contribution is -2.44. The normalized spacial score (nSPS) is 12.6. The maximum absolute atomic E-state index is 12.8. The van der Waals surface area contributed by atoms with Crippen LogP contribution in [0.15, 0.2) is 42.5 Å². The molecule has 186 valence electrons. The van der Waals surface area contributed by atoms with Gasteiger partial charge in [0.05, 0.1) is 6.04 Å². The molecule has 0 radical (unpaired) electrons. The summed E-state index contributed by atoms with van der Waals surface area (Å²) in [6, 6.07) is 9.11. The zero-order valence-corrected chi connectivity index (χ0v) is 21.5. The van der Waals surface area contributed by atoms with Gasteiger partial charge in [0.15, 0.2) is 5.78 Å². The predicted molar refractivity (Wildman–Crippen MR) is 139 cm³/mol. The van der Waals surface area contributed by atoms with Gasteiger partial charge >= 0.3 is 6.09 Å². The molecule has 0 spiro atoms. The topological polar surface area (TPSA) is 55.4 Å². The fourth-order valence-electron chi connectivity index (χ4n) is 3.76. The molecule has 33 heavy (non-hydrogen) atoms. The van der Waals surface area contributed by atoms with E-state index in [9.17, 15) is 9.59 Å². The Morgan fingerprint density at radius 2 is 1.42 bits per heavy atom. The number of hydrogen-bond donors (Lipinski definition) is 1. The molecular formula is C29H47NO3. The summed E-state index contributed by atoms with van der Waals surface area (Å²) in [7, 11) is 0. The zero-order chi connectivity index (χ0) is 24.4. The minimum atomic E-state index is -0.629. The smallest absolute Gasteiger partial charge is 0.408 e. The van der Waals surface area contributed by atoms with Crippen LogP contribution in [0, 0.1) is 0 Å². The highest BCUT2D eigenvalue weighted by atomic mass is 16.6. The van der Waals surface area contributed by atoms with Gasteiger partial charge in [-0.05, 0) is 45.3 Å². The fraction of sp³-hybridized carbons (Fsp3) is 0.655. The lowest BCUT2D eigenvalue weighted by Gasteiger charge is -2.22. The number of rotatable bonds is 17. The standard InChI is InChI=1S/C29H47NO3/c1-5-6-7-8-9-10-11-12-13-14-15-16-20-23-27(31)26(24-25-21-18-17-19-22-25)30-28(32)33-29(2,3)4/h17-23,26H,5-16,24H2,1-4H3,(H,30,32)/b23-20+/t26-/m0/s1. The molecule has 1 rings (SSSR count). The Morgan fingerprint density at radius 3 is 1.97 bits per heavy atom. The molecule has 1 amide bonds. The van der Waals surface area contributed by atoms with Crippen LogP contribution in [0.4, 0.5) is 4.79 Å². The molecule has 0 fully saturated rings. The predicted octanol–water partition coefficient (Wildman–Crippen LogP) is 7.95. The number of hydrogen-bond acceptors (Lipinski definition) is 3. The molecule has 0 saturated heterocycles. The number of carbonyl (C=O) groups is 2. The van der Waals surface area contributed by atoms with E-state index < -0.39 is 17.7 Å². The largest absolute Gasteiger partial charge is 0.444 e. The van der Waals surface area contributed by atoms with Crippen LogP contribution in [0.25, 0.3) is 0 Å². The SMILES string of the molecule is CCCCCCCCCCCCC/C=C/C(=O)[C@H](Cc1ccccc1)NC(=O)OC(C)(C)C. The van der Waals surface area contributed by atoms with Crippen molar-refractivity contribution in [3.63, 3.8) is 0 Å². The Balaban J connectivity index is 2.34. The molecule has 0 bridgehead atoms. The number of amides is 1. The Hall–Kier alpha value is -2.10. The van der Waals surface area contributed by atoms with Crippen LogP contribution in [0.1, 0.15) is 110 Å². The molecule has 0 aliphatic rings. The minimum absolute atomic E-state index is 0.0900. The summed E-state index contributed by atoms with van der Waals surface area (Å²) in [5.74, 6) is -0.0900. The number of alkyl carbamates (subject to hydrolysis) is 1. The summed E-state index contributed by atoms with van der Waals surface area (Å²) >= 11 is 0. The van der Waals surface area contributed by atoms with Gasteiger partial charge in [-0.15, -0.1) is 0 Å². The lowest BCUT2D eigenvalue weighted by atomic mass is 10.0. The molecule has 4 nitrogen and oxygen atoms in total. The Kier molecular flexibility index (Phi) is 15.2. The zero-order valence-electron chi connectivity index (χ0n) is 21.5. The van der Waals surface area contributed by atoms with Crippen molar-refractivity contribution in [2.45, 2.75) is 123 Å². The van der Waals surface area contributed by atoms with Gasteiger partial charge in [0.25, 0.3) is 0 Å². The summed E-state index contributed by atoms with van der Waals surface area (Å²) in [6.07, 6.45) is 18.8. The fourth-order valence-corrected chi connectivity index (χ4v) is 3.76. The Morgan fingerprint density at radius 1 is 0.879 bits per heavy atom. The van der Waals surface area contributed by atoms with E-state index in [0.717, 1.165) is 18.4 Å². The molecule has 1 atom stereocenters. The van der Waals surface area contributed by atoms with Crippen molar-refractivity contribution < 1.29 is 14.3 Å². The number of benzene rings is 1. The second-order valence-corrected chi connectivity index (χ2v) is 10.0. The van der Waals surface area contributed by atoms with Gasteiger partial charge in [-0.3, -0.25) is 4.79 Å². The molecule has 0 unspecified atom stereocenters.